The molecule has 0 saturated heterocycles. The zero-order valence-corrected chi connectivity index (χ0v) is 83.0. The average molecular weight is 1870 g/mol. The maximum absolute atomic E-state index is 12.9. The van der Waals surface area contributed by atoms with Gasteiger partial charge in [-0.25, -0.2) is 19.2 Å². The summed E-state index contributed by atoms with van der Waals surface area (Å²) in [7, 11) is 4.86. The maximum Gasteiger partial charge on any atom is 0.410 e. The SMILES string of the molecule is CC(C)(C)NC(=O)c1ccc(C(NC(=O)OC(C)(C)C)c2nnc(-c3ccccc3)nn2)cc1.CN(C(=O)OC(C)(C)C)C(c1ccc(C(=O)NC(C)(C)C)cc1)c1nnc(-c2ccccc2)nn1.CN(C(=O)OC(C)(C)C)C(c1ccc(NC(=O)C(C)(C)C)cc1)c1nnc(-c2ccccc2)nn1.CN(C(=O)OC(C)(C)C)C(c1ccc(OC(C)(C)C)cc1)c1nnc(-c2ccccc2)nn1. The topological polar surface area (TPSA) is 430 Å². The Hall–Kier alpha value is -15.2. The molecule has 0 fully saturated rings. The van der Waals surface area contributed by atoms with Crippen LogP contribution in [0.25, 0.3) is 45.6 Å². The molecule has 0 aliphatic heterocycles. The number of nitrogens with one attached hydrogen (secondary N) is 4. The highest BCUT2D eigenvalue weighted by atomic mass is 16.6. The number of nitrogens with zero attached hydrogens (tertiary/aromatic N) is 19. The van der Waals surface area contributed by atoms with Gasteiger partial charge in [0.05, 0.1) is 0 Å². The predicted molar refractivity (Wildman–Crippen MR) is 520 cm³/mol. The lowest BCUT2D eigenvalue weighted by Crippen LogP contribution is -2.40. The lowest BCUT2D eigenvalue weighted by atomic mass is 9.95. The summed E-state index contributed by atoms with van der Waals surface area (Å²) in [6.45, 7) is 44.6. The minimum Gasteiger partial charge on any atom is -0.488 e. The van der Waals surface area contributed by atoms with Crippen molar-refractivity contribution in [2.45, 2.75) is 229 Å². The van der Waals surface area contributed by atoms with E-state index in [2.05, 4.69) is 103 Å². The first kappa shape index (κ1) is 106. The van der Waals surface area contributed by atoms with Crippen LogP contribution < -0.4 is 26.0 Å². The van der Waals surface area contributed by atoms with Crippen molar-refractivity contribution in [2.75, 3.05) is 26.5 Å². The van der Waals surface area contributed by atoms with Crippen molar-refractivity contribution in [3.05, 3.63) is 275 Å². The normalized spacial score (nSPS) is 12.6. The number of rotatable bonds is 20. The van der Waals surface area contributed by atoms with Gasteiger partial charge in [0.25, 0.3) is 11.8 Å². The fourth-order valence-electron chi connectivity index (χ4n) is 12.5. The van der Waals surface area contributed by atoms with E-state index in [0.29, 0.717) is 56.8 Å². The number of hydrogen-bond donors (Lipinski definition) is 4. The first-order valence-electron chi connectivity index (χ1n) is 44.5. The Morgan fingerprint density at radius 3 is 0.796 bits per heavy atom. The van der Waals surface area contributed by atoms with Crippen LogP contribution in [0, 0.1) is 5.41 Å². The van der Waals surface area contributed by atoms with Gasteiger partial charge in [-0.15, -0.1) is 81.6 Å². The molecule has 137 heavy (non-hydrogen) atoms. The van der Waals surface area contributed by atoms with Gasteiger partial charge in [-0.3, -0.25) is 29.1 Å². The number of benzene rings is 8. The van der Waals surface area contributed by atoms with Crippen LogP contribution in [0.1, 0.15) is 257 Å². The van der Waals surface area contributed by atoms with Gasteiger partial charge >= 0.3 is 24.4 Å². The zero-order valence-electron chi connectivity index (χ0n) is 83.0. The number of carbonyl (C=O) groups is 7. The molecule has 0 spiro atoms. The van der Waals surface area contributed by atoms with Crippen LogP contribution in [0.4, 0.5) is 24.9 Å². The van der Waals surface area contributed by atoms with E-state index in [1.165, 1.54) is 14.7 Å². The zero-order chi connectivity index (χ0) is 101. The van der Waals surface area contributed by atoms with Gasteiger partial charge in [0.1, 0.15) is 57.9 Å². The number of amides is 7. The van der Waals surface area contributed by atoms with Crippen molar-refractivity contribution >= 4 is 47.8 Å². The number of aromatic nitrogens is 16. The van der Waals surface area contributed by atoms with Crippen LogP contribution in [0.3, 0.4) is 0 Å². The molecular weight excluding hydrogens is 1740 g/mol. The number of hydrogen-bond acceptors (Lipinski definition) is 28. The van der Waals surface area contributed by atoms with Gasteiger partial charge in [-0.05, 0) is 216 Å². The number of alkyl carbamates (subject to hydrolysis) is 1. The van der Waals surface area contributed by atoms with Gasteiger partial charge in [-0.2, -0.15) is 0 Å². The quantitative estimate of drug-likeness (QED) is 0.0515. The van der Waals surface area contributed by atoms with Crippen LogP contribution >= 0.6 is 0 Å². The first-order chi connectivity index (χ1) is 64.0. The molecule has 7 amide bonds. The summed E-state index contributed by atoms with van der Waals surface area (Å²) in [4.78, 5) is 92.8. The molecule has 0 aliphatic carbocycles. The molecule has 4 aromatic heterocycles. The summed E-state index contributed by atoms with van der Waals surface area (Å²) in [6, 6.07) is 63.1. The fraction of sp³-hybridized carbons (Fsp3) is 0.382. The van der Waals surface area contributed by atoms with Crippen molar-refractivity contribution in [3.63, 3.8) is 0 Å². The number of carbonyl (C=O) groups excluding carboxylic acids is 7. The lowest BCUT2D eigenvalue weighted by Gasteiger charge is -2.30. The maximum atomic E-state index is 12.9. The average Bonchev–Trinajstić information content (AvgIpc) is 0.810. The summed E-state index contributed by atoms with van der Waals surface area (Å²) in [5.74, 6) is 2.73. The standard InChI is InChI=1S/2C26H32N6O3.C25H30N6O3.C25H31N5O3/c1-25(2,3)23(33)27-19-15-13-17(14-16-19)20(32(7)24(34)35-26(4,5)6)22-30-28-21(29-31-22)18-11-9-8-10-12-18;1-25(2,3)27-23(33)19-15-13-17(14-16-19)20(32(7)24(34)35-26(4,5)6)22-30-28-21(29-31-22)18-11-9-8-10-12-18;1-24(2,3)27-22(32)18-14-12-16(13-15-18)19(26-23(33)34-25(4,5)6)21-30-28-20(29-31-21)17-10-8-7-9-11-17;1-24(2,3)32-19-15-13-17(14-16-19)20(30(7)23(31)33-25(4,5)6)22-28-26-21(27-29-22)18-11-9-8-10-12-18/h2*8-16,20H,1-7H3,(H,27,33);7-15,19H,1-6H3,(H,26,33)(H,27,32);8-16,20H,1-7H3. The van der Waals surface area contributed by atoms with Gasteiger partial charge in [0, 0.05) is 76.7 Å². The second-order valence-electron chi connectivity index (χ2n) is 40.1. The van der Waals surface area contributed by atoms with E-state index in [0.717, 1.165) is 33.6 Å². The number of ether oxygens (including phenoxy) is 5. The van der Waals surface area contributed by atoms with E-state index in [9.17, 15) is 33.6 Å². The minimum atomic E-state index is -0.778. The predicted octanol–water partition coefficient (Wildman–Crippen LogP) is 18.4. The number of anilines is 1. The van der Waals surface area contributed by atoms with Crippen molar-refractivity contribution in [3.8, 4) is 51.3 Å². The van der Waals surface area contributed by atoms with E-state index in [4.69, 9.17) is 23.7 Å². The van der Waals surface area contributed by atoms with Gasteiger partial charge in [0.2, 0.25) is 46.7 Å². The summed E-state index contributed by atoms with van der Waals surface area (Å²) in [5, 5.41) is 79.5. The summed E-state index contributed by atoms with van der Waals surface area (Å²) in [5.41, 5.74) is 3.36. The molecule has 0 aliphatic rings. The van der Waals surface area contributed by atoms with Crippen LogP contribution in [0.15, 0.2) is 218 Å². The molecule has 12 aromatic rings. The summed E-state index contributed by atoms with van der Waals surface area (Å²) in [6.07, 6.45) is -2.22. The Morgan fingerprint density at radius 1 is 0.285 bits per heavy atom. The summed E-state index contributed by atoms with van der Waals surface area (Å²) >= 11 is 0. The molecule has 35 heteroatoms. The van der Waals surface area contributed by atoms with E-state index in [-0.39, 0.29) is 57.7 Å². The van der Waals surface area contributed by atoms with E-state index in [1.54, 1.807) is 156 Å². The van der Waals surface area contributed by atoms with Gasteiger partial charge in [0.15, 0.2) is 5.82 Å². The van der Waals surface area contributed by atoms with Crippen LogP contribution in [0.5, 0.6) is 5.75 Å². The highest BCUT2D eigenvalue weighted by Crippen LogP contribution is 2.34. The van der Waals surface area contributed by atoms with Crippen molar-refractivity contribution in [1.82, 2.24) is 112 Å². The molecule has 8 aromatic carbocycles. The molecule has 4 heterocycles. The molecule has 4 N–H and O–H groups in total. The molecule has 12 rings (SSSR count). The molecule has 0 saturated carbocycles. The Kier molecular flexibility index (Phi) is 34.8. The molecule has 0 bridgehead atoms. The molecular formula is C102H125N23O12. The third kappa shape index (κ3) is 33.4. The molecule has 720 valence electrons. The molecule has 0 radical (unpaired) electrons. The molecule has 4 unspecified atom stereocenters. The second-order valence-corrected chi connectivity index (χ2v) is 40.1. The Morgan fingerprint density at radius 2 is 0.540 bits per heavy atom. The van der Waals surface area contributed by atoms with Gasteiger partial charge < -0.3 is 45.0 Å². The Labute approximate surface area is 800 Å². The fourth-order valence-corrected chi connectivity index (χ4v) is 12.5. The summed E-state index contributed by atoms with van der Waals surface area (Å²) < 4.78 is 28.0. The highest BCUT2D eigenvalue weighted by molar-refractivity contribution is 5.96. The van der Waals surface area contributed by atoms with Crippen LogP contribution in [0.2, 0.25) is 0 Å². The molecule has 35 nitrogen and oxygen atoms in total. The second kappa shape index (κ2) is 45.2. The smallest absolute Gasteiger partial charge is 0.410 e. The van der Waals surface area contributed by atoms with Crippen LogP contribution in [-0.2, 0) is 23.7 Å². The van der Waals surface area contributed by atoms with Crippen molar-refractivity contribution in [2.24, 2.45) is 5.41 Å². The van der Waals surface area contributed by atoms with Gasteiger partial charge in [-0.1, -0.05) is 191 Å². The lowest BCUT2D eigenvalue weighted by molar-refractivity contribution is -0.123. The minimum absolute atomic E-state index is 0.0964. The van der Waals surface area contributed by atoms with E-state index < -0.39 is 76.4 Å². The highest BCUT2D eigenvalue weighted by Gasteiger charge is 2.36. The first-order valence-corrected chi connectivity index (χ1v) is 44.5. The monoisotopic (exact) mass is 1860 g/mol. The van der Waals surface area contributed by atoms with E-state index >= 15 is 0 Å². The largest absolute Gasteiger partial charge is 0.488 e. The third-order valence-corrected chi connectivity index (χ3v) is 18.7. The van der Waals surface area contributed by atoms with Crippen molar-refractivity contribution in [1.29, 1.82) is 0 Å². The van der Waals surface area contributed by atoms with Crippen molar-refractivity contribution < 1.29 is 57.2 Å². The molecule has 4 atom stereocenters. The Bertz CT molecular complexity index is 5950. The van der Waals surface area contributed by atoms with E-state index in [1.807, 2.05) is 249 Å². The Balaban J connectivity index is 0.000000205. The van der Waals surface area contributed by atoms with Crippen LogP contribution in [-0.4, -0.2) is 199 Å². The third-order valence-electron chi connectivity index (χ3n) is 18.7.